The third-order valence-corrected chi connectivity index (χ3v) is 4.37. The highest BCUT2D eigenvalue weighted by Gasteiger charge is 2.11. The van der Waals surface area contributed by atoms with Gasteiger partial charge < -0.3 is 9.47 Å². The van der Waals surface area contributed by atoms with Gasteiger partial charge in [-0.3, -0.25) is 0 Å². The molecule has 0 fully saturated rings. The van der Waals surface area contributed by atoms with Crippen LogP contribution in [0.5, 0.6) is 11.5 Å². The first-order chi connectivity index (χ1) is 9.72. The van der Waals surface area contributed by atoms with Crippen LogP contribution in [0.2, 0.25) is 5.02 Å². The van der Waals surface area contributed by atoms with Crippen LogP contribution >= 0.6 is 22.9 Å². The normalized spacial score (nSPS) is 10.8. The van der Waals surface area contributed by atoms with Crippen molar-refractivity contribution in [1.82, 2.24) is 4.98 Å². The van der Waals surface area contributed by atoms with E-state index in [-0.39, 0.29) is 0 Å². The summed E-state index contributed by atoms with van der Waals surface area (Å²) in [5, 5.41) is 1.58. The highest BCUT2D eigenvalue weighted by atomic mass is 35.5. The molecule has 102 valence electrons. The molecule has 1 aromatic heterocycles. The van der Waals surface area contributed by atoms with Gasteiger partial charge in [0, 0.05) is 5.56 Å². The van der Waals surface area contributed by atoms with Gasteiger partial charge in [-0.05, 0) is 30.3 Å². The van der Waals surface area contributed by atoms with Crippen molar-refractivity contribution >= 4 is 33.2 Å². The summed E-state index contributed by atoms with van der Waals surface area (Å²) >= 11 is 7.77. The van der Waals surface area contributed by atoms with Gasteiger partial charge >= 0.3 is 0 Å². The van der Waals surface area contributed by atoms with Gasteiger partial charge in [-0.15, -0.1) is 11.3 Å². The number of hydrogen-bond acceptors (Lipinski definition) is 4. The van der Waals surface area contributed by atoms with Gasteiger partial charge in [-0.2, -0.15) is 0 Å². The van der Waals surface area contributed by atoms with E-state index in [1.54, 1.807) is 25.6 Å². The number of methoxy groups -OCH3 is 2. The first kappa shape index (κ1) is 13.2. The van der Waals surface area contributed by atoms with Crippen LogP contribution < -0.4 is 9.47 Å². The monoisotopic (exact) mass is 305 g/mol. The predicted molar refractivity (Wildman–Crippen MR) is 83.2 cm³/mol. The molecule has 20 heavy (non-hydrogen) atoms. The van der Waals surface area contributed by atoms with E-state index in [4.69, 9.17) is 21.1 Å². The van der Waals surface area contributed by atoms with Gasteiger partial charge in [0.2, 0.25) is 0 Å². The van der Waals surface area contributed by atoms with Crippen LogP contribution in [-0.4, -0.2) is 19.2 Å². The van der Waals surface area contributed by atoms with Crippen molar-refractivity contribution in [3.8, 4) is 22.1 Å². The molecule has 0 spiro atoms. The second kappa shape index (κ2) is 5.31. The fourth-order valence-corrected chi connectivity index (χ4v) is 3.27. The minimum atomic E-state index is 0.672. The molecule has 3 nitrogen and oxygen atoms in total. The van der Waals surface area contributed by atoms with E-state index < -0.39 is 0 Å². The van der Waals surface area contributed by atoms with Crippen LogP contribution in [0.4, 0.5) is 0 Å². The van der Waals surface area contributed by atoms with Crippen molar-refractivity contribution in [2.24, 2.45) is 0 Å². The summed E-state index contributed by atoms with van der Waals surface area (Å²) in [6, 6.07) is 11.6. The average Bonchev–Trinajstić information content (AvgIpc) is 2.92. The molecule has 3 aromatic rings. The number of rotatable bonds is 3. The van der Waals surface area contributed by atoms with E-state index in [0.29, 0.717) is 16.5 Å². The number of para-hydroxylation sites is 1. The third-order valence-electron chi connectivity index (χ3n) is 3.00. The molecule has 0 amide bonds. The zero-order valence-corrected chi connectivity index (χ0v) is 12.6. The lowest BCUT2D eigenvalue weighted by molar-refractivity contribution is 0.355. The van der Waals surface area contributed by atoms with E-state index in [0.717, 1.165) is 20.8 Å². The lowest BCUT2D eigenvalue weighted by Gasteiger charge is -2.08. The molecular weight excluding hydrogens is 294 g/mol. The highest BCUT2D eigenvalue weighted by molar-refractivity contribution is 7.21. The number of halogens is 1. The Morgan fingerprint density at radius 2 is 1.85 bits per heavy atom. The summed E-state index contributed by atoms with van der Waals surface area (Å²) in [5.74, 6) is 1.39. The van der Waals surface area contributed by atoms with Gasteiger partial charge in [-0.1, -0.05) is 17.7 Å². The minimum Gasteiger partial charge on any atom is -0.493 e. The summed E-state index contributed by atoms with van der Waals surface area (Å²) in [6.45, 7) is 0. The third kappa shape index (κ3) is 2.21. The molecule has 0 unspecified atom stereocenters. The first-order valence-electron chi connectivity index (χ1n) is 6.00. The Morgan fingerprint density at radius 1 is 1.05 bits per heavy atom. The maximum absolute atomic E-state index is 6.16. The molecule has 0 saturated heterocycles. The van der Waals surface area contributed by atoms with Crippen molar-refractivity contribution < 1.29 is 9.47 Å². The van der Waals surface area contributed by atoms with Crippen LogP contribution in [0.1, 0.15) is 0 Å². The lowest BCUT2D eigenvalue weighted by Crippen LogP contribution is -1.90. The maximum Gasteiger partial charge on any atom is 0.161 e. The Balaban J connectivity index is 2.13. The van der Waals surface area contributed by atoms with E-state index >= 15 is 0 Å². The summed E-state index contributed by atoms with van der Waals surface area (Å²) in [7, 11) is 3.24. The molecule has 1 heterocycles. The topological polar surface area (TPSA) is 31.4 Å². The molecule has 0 aliphatic carbocycles. The summed E-state index contributed by atoms with van der Waals surface area (Å²) in [5.41, 5.74) is 1.82. The fourth-order valence-electron chi connectivity index (χ4n) is 2.01. The summed E-state index contributed by atoms with van der Waals surface area (Å²) in [6.07, 6.45) is 0. The molecule has 0 atom stereocenters. The number of benzene rings is 2. The van der Waals surface area contributed by atoms with E-state index in [1.807, 2.05) is 36.4 Å². The van der Waals surface area contributed by atoms with Crippen molar-refractivity contribution in [3.05, 3.63) is 41.4 Å². The zero-order valence-electron chi connectivity index (χ0n) is 11.0. The van der Waals surface area contributed by atoms with Crippen LogP contribution in [0, 0.1) is 0 Å². The van der Waals surface area contributed by atoms with Gasteiger partial charge in [0.1, 0.15) is 10.5 Å². The number of thiazole rings is 1. The Kier molecular flexibility index (Phi) is 3.51. The maximum atomic E-state index is 6.16. The number of aromatic nitrogens is 1. The summed E-state index contributed by atoms with van der Waals surface area (Å²) in [4.78, 5) is 4.60. The Bertz CT molecular complexity index is 770. The Hall–Kier alpha value is -1.78. The van der Waals surface area contributed by atoms with Crippen LogP contribution in [0.15, 0.2) is 36.4 Å². The fraction of sp³-hybridized carbons (Fsp3) is 0.133. The van der Waals surface area contributed by atoms with Gasteiger partial charge in [0.25, 0.3) is 0 Å². The number of hydrogen-bond donors (Lipinski definition) is 0. The largest absolute Gasteiger partial charge is 0.493 e. The van der Waals surface area contributed by atoms with Crippen LogP contribution in [0.25, 0.3) is 20.8 Å². The molecule has 0 bridgehead atoms. The zero-order chi connectivity index (χ0) is 14.1. The van der Waals surface area contributed by atoms with Crippen molar-refractivity contribution in [1.29, 1.82) is 0 Å². The van der Waals surface area contributed by atoms with Crippen LogP contribution in [0.3, 0.4) is 0 Å². The molecule has 5 heteroatoms. The smallest absolute Gasteiger partial charge is 0.161 e. The van der Waals surface area contributed by atoms with E-state index in [2.05, 4.69) is 4.98 Å². The number of ether oxygens (including phenoxy) is 2. The number of fused-ring (bicyclic) bond motifs is 1. The second-order valence-electron chi connectivity index (χ2n) is 4.18. The molecule has 0 N–H and O–H groups in total. The first-order valence-corrected chi connectivity index (χ1v) is 7.20. The van der Waals surface area contributed by atoms with Gasteiger partial charge in [0.05, 0.1) is 23.9 Å². The molecule has 2 aromatic carbocycles. The molecular formula is C15H12ClNO2S. The van der Waals surface area contributed by atoms with Crippen molar-refractivity contribution in [2.75, 3.05) is 14.2 Å². The van der Waals surface area contributed by atoms with Crippen molar-refractivity contribution in [2.45, 2.75) is 0 Å². The quantitative estimate of drug-likeness (QED) is 0.706. The molecule has 0 radical (unpaired) electrons. The SMILES string of the molecule is COc1ccc(-c2nc3c(Cl)cccc3s2)cc1OC. The molecule has 3 rings (SSSR count). The average molecular weight is 306 g/mol. The standard InChI is InChI=1S/C15H12ClNO2S/c1-18-11-7-6-9(8-12(11)19-2)15-17-14-10(16)4-3-5-13(14)20-15/h3-8H,1-2H3. The molecule has 0 saturated carbocycles. The second-order valence-corrected chi connectivity index (χ2v) is 5.61. The van der Waals surface area contributed by atoms with Crippen LogP contribution in [-0.2, 0) is 0 Å². The van der Waals surface area contributed by atoms with Crippen molar-refractivity contribution in [3.63, 3.8) is 0 Å². The van der Waals surface area contributed by atoms with E-state index in [9.17, 15) is 0 Å². The van der Waals surface area contributed by atoms with Gasteiger partial charge in [-0.25, -0.2) is 4.98 Å². The Morgan fingerprint density at radius 3 is 2.55 bits per heavy atom. The highest BCUT2D eigenvalue weighted by Crippen LogP contribution is 2.37. The van der Waals surface area contributed by atoms with E-state index in [1.165, 1.54) is 0 Å². The Labute approximate surface area is 125 Å². The summed E-state index contributed by atoms with van der Waals surface area (Å²) < 4.78 is 11.6. The predicted octanol–water partition coefficient (Wildman–Crippen LogP) is 4.63. The number of nitrogens with zero attached hydrogens (tertiary/aromatic N) is 1. The lowest BCUT2D eigenvalue weighted by atomic mass is 10.2. The molecule has 0 aliphatic heterocycles. The molecule has 0 aliphatic rings. The minimum absolute atomic E-state index is 0.672. The van der Waals surface area contributed by atoms with Gasteiger partial charge in [0.15, 0.2) is 11.5 Å².